The van der Waals surface area contributed by atoms with E-state index in [1.165, 1.54) is 0 Å². The maximum Gasteiger partial charge on any atom is 0.273 e. The Balaban J connectivity index is 2.39. The van der Waals surface area contributed by atoms with Gasteiger partial charge in [0.2, 0.25) is 0 Å². The Kier molecular flexibility index (Phi) is 3.02. The van der Waals surface area contributed by atoms with E-state index in [-0.39, 0.29) is 5.56 Å². The van der Waals surface area contributed by atoms with Gasteiger partial charge in [-0.1, -0.05) is 0 Å². The van der Waals surface area contributed by atoms with Crippen molar-refractivity contribution < 1.29 is 0 Å². The number of nitrogens with zero attached hydrogens (tertiary/aromatic N) is 3. The Morgan fingerprint density at radius 1 is 1.38 bits per heavy atom. The molecule has 0 unspecified atom stereocenters. The van der Waals surface area contributed by atoms with Gasteiger partial charge >= 0.3 is 0 Å². The number of hydrogen-bond donors (Lipinski definition) is 2. The van der Waals surface area contributed by atoms with Crippen molar-refractivity contribution >= 4 is 0 Å². The van der Waals surface area contributed by atoms with Gasteiger partial charge < -0.3 is 10.7 Å². The van der Waals surface area contributed by atoms with E-state index in [9.17, 15) is 4.79 Å². The second-order valence-electron chi connectivity index (χ2n) is 3.23. The van der Waals surface area contributed by atoms with Gasteiger partial charge in [-0.2, -0.15) is 0 Å². The van der Waals surface area contributed by atoms with E-state index in [0.29, 0.717) is 24.5 Å². The minimum atomic E-state index is -0.251. The Morgan fingerprint density at radius 2 is 2.25 bits per heavy atom. The smallest absolute Gasteiger partial charge is 0.273 e. The molecular formula is C10H11N5O. The van der Waals surface area contributed by atoms with Crippen LogP contribution in [0.4, 0.5) is 0 Å². The SMILES string of the molecule is NCCc1nnc(-c2cccnc2)[nH]c1=O. The minimum Gasteiger partial charge on any atom is -0.330 e. The van der Waals surface area contributed by atoms with Gasteiger partial charge in [0.05, 0.1) is 0 Å². The van der Waals surface area contributed by atoms with Gasteiger partial charge in [-0.25, -0.2) is 0 Å². The zero-order chi connectivity index (χ0) is 11.4. The molecule has 6 nitrogen and oxygen atoms in total. The van der Waals surface area contributed by atoms with Crippen LogP contribution in [0.3, 0.4) is 0 Å². The lowest BCUT2D eigenvalue weighted by atomic mass is 10.2. The van der Waals surface area contributed by atoms with E-state index in [2.05, 4.69) is 20.2 Å². The van der Waals surface area contributed by atoms with Crippen molar-refractivity contribution in [1.82, 2.24) is 20.2 Å². The van der Waals surface area contributed by atoms with Crippen LogP contribution in [0.2, 0.25) is 0 Å². The molecule has 0 saturated heterocycles. The van der Waals surface area contributed by atoms with Crippen LogP contribution in [0.15, 0.2) is 29.3 Å². The molecule has 0 aromatic carbocycles. The van der Waals surface area contributed by atoms with Gasteiger partial charge in [0, 0.05) is 24.4 Å². The molecule has 0 atom stereocenters. The molecule has 0 bridgehead atoms. The zero-order valence-electron chi connectivity index (χ0n) is 8.55. The Hall–Kier alpha value is -2.08. The second-order valence-corrected chi connectivity index (χ2v) is 3.23. The molecule has 0 spiro atoms. The van der Waals surface area contributed by atoms with Crippen LogP contribution in [0.25, 0.3) is 11.4 Å². The van der Waals surface area contributed by atoms with Gasteiger partial charge in [-0.05, 0) is 18.7 Å². The van der Waals surface area contributed by atoms with E-state index in [1.54, 1.807) is 24.5 Å². The van der Waals surface area contributed by atoms with Crippen LogP contribution in [0.1, 0.15) is 5.69 Å². The van der Waals surface area contributed by atoms with Crippen LogP contribution >= 0.6 is 0 Å². The summed E-state index contributed by atoms with van der Waals surface area (Å²) in [5, 5.41) is 7.77. The average molecular weight is 217 g/mol. The lowest BCUT2D eigenvalue weighted by molar-refractivity contribution is 0.823. The first-order valence-electron chi connectivity index (χ1n) is 4.87. The van der Waals surface area contributed by atoms with Crippen LogP contribution < -0.4 is 11.3 Å². The van der Waals surface area contributed by atoms with Gasteiger partial charge in [-0.15, -0.1) is 10.2 Å². The third-order valence-corrected chi connectivity index (χ3v) is 2.08. The standard InChI is InChI=1S/C10H11N5O/c11-4-3-8-10(16)13-9(15-14-8)7-2-1-5-12-6-7/h1-2,5-6H,3-4,11H2,(H,13,15,16). The lowest BCUT2D eigenvalue weighted by Crippen LogP contribution is -2.20. The highest BCUT2D eigenvalue weighted by Crippen LogP contribution is 2.08. The van der Waals surface area contributed by atoms with Crippen LogP contribution in [-0.2, 0) is 6.42 Å². The van der Waals surface area contributed by atoms with E-state index >= 15 is 0 Å². The van der Waals surface area contributed by atoms with E-state index in [0.717, 1.165) is 5.56 Å². The number of aromatic nitrogens is 4. The maximum absolute atomic E-state index is 11.6. The maximum atomic E-state index is 11.6. The number of nitrogens with two attached hydrogens (primary N) is 1. The summed E-state index contributed by atoms with van der Waals surface area (Å²) in [6, 6.07) is 3.57. The number of aromatic amines is 1. The minimum absolute atomic E-state index is 0.251. The second kappa shape index (κ2) is 4.63. The number of hydrogen-bond acceptors (Lipinski definition) is 5. The third-order valence-electron chi connectivity index (χ3n) is 2.08. The van der Waals surface area contributed by atoms with Crippen molar-refractivity contribution in [3.63, 3.8) is 0 Å². The fraction of sp³-hybridized carbons (Fsp3) is 0.200. The molecule has 0 fully saturated rings. The van der Waals surface area contributed by atoms with E-state index in [1.807, 2.05) is 0 Å². The molecule has 0 aliphatic carbocycles. The number of nitrogens with one attached hydrogen (secondary N) is 1. The molecular weight excluding hydrogens is 206 g/mol. The molecule has 2 heterocycles. The summed E-state index contributed by atoms with van der Waals surface area (Å²) < 4.78 is 0. The molecule has 16 heavy (non-hydrogen) atoms. The molecule has 0 aliphatic heterocycles. The van der Waals surface area contributed by atoms with Crippen molar-refractivity contribution in [1.29, 1.82) is 0 Å². The molecule has 82 valence electrons. The van der Waals surface area contributed by atoms with Gasteiger partial charge in [0.25, 0.3) is 5.56 Å². The topological polar surface area (TPSA) is 97.5 Å². The predicted octanol–water partition coefficient (Wildman–Crippen LogP) is -0.272. The fourth-order valence-corrected chi connectivity index (χ4v) is 1.29. The largest absolute Gasteiger partial charge is 0.330 e. The summed E-state index contributed by atoms with van der Waals surface area (Å²) in [6.45, 7) is 0.379. The molecule has 6 heteroatoms. The summed E-state index contributed by atoms with van der Waals surface area (Å²) in [5.41, 5.74) is 6.18. The first-order chi connectivity index (χ1) is 7.81. The van der Waals surface area contributed by atoms with Crippen molar-refractivity contribution in [3.05, 3.63) is 40.6 Å². The monoisotopic (exact) mass is 217 g/mol. The molecule has 2 aromatic rings. The molecule has 0 aliphatic rings. The summed E-state index contributed by atoms with van der Waals surface area (Å²) in [5.74, 6) is 0.416. The average Bonchev–Trinajstić information content (AvgIpc) is 2.33. The Morgan fingerprint density at radius 3 is 2.88 bits per heavy atom. The summed E-state index contributed by atoms with van der Waals surface area (Å²) in [7, 11) is 0. The van der Waals surface area contributed by atoms with Crippen molar-refractivity contribution in [2.24, 2.45) is 5.73 Å². The number of rotatable bonds is 3. The lowest BCUT2D eigenvalue weighted by Gasteiger charge is -2.00. The number of H-pyrrole nitrogens is 1. The molecule has 0 saturated carbocycles. The molecule has 2 rings (SSSR count). The van der Waals surface area contributed by atoms with E-state index in [4.69, 9.17) is 5.73 Å². The van der Waals surface area contributed by atoms with Crippen LogP contribution in [0.5, 0.6) is 0 Å². The van der Waals surface area contributed by atoms with Crippen LogP contribution in [0, 0.1) is 0 Å². The summed E-state index contributed by atoms with van der Waals surface area (Å²) >= 11 is 0. The van der Waals surface area contributed by atoms with Gasteiger partial charge in [0.15, 0.2) is 5.82 Å². The van der Waals surface area contributed by atoms with Gasteiger partial charge in [-0.3, -0.25) is 9.78 Å². The third kappa shape index (κ3) is 2.12. The van der Waals surface area contributed by atoms with Gasteiger partial charge in [0.1, 0.15) is 5.69 Å². The summed E-state index contributed by atoms with van der Waals surface area (Å²) in [4.78, 5) is 18.2. The Bertz CT molecular complexity index is 522. The number of pyridine rings is 1. The first-order valence-corrected chi connectivity index (χ1v) is 4.87. The molecule has 0 radical (unpaired) electrons. The van der Waals surface area contributed by atoms with Crippen LogP contribution in [-0.4, -0.2) is 26.7 Å². The predicted molar refractivity (Wildman–Crippen MR) is 58.6 cm³/mol. The molecule has 0 amide bonds. The van der Waals surface area contributed by atoms with E-state index < -0.39 is 0 Å². The zero-order valence-corrected chi connectivity index (χ0v) is 8.55. The highest BCUT2D eigenvalue weighted by Gasteiger charge is 2.05. The highest BCUT2D eigenvalue weighted by molar-refractivity contribution is 5.51. The fourth-order valence-electron chi connectivity index (χ4n) is 1.29. The molecule has 2 aromatic heterocycles. The first kappa shape index (κ1) is 10.4. The normalized spacial score (nSPS) is 10.3. The highest BCUT2D eigenvalue weighted by atomic mass is 16.1. The van der Waals surface area contributed by atoms with Crippen molar-refractivity contribution in [2.45, 2.75) is 6.42 Å². The Labute approximate surface area is 91.6 Å². The molecule has 3 N–H and O–H groups in total. The van der Waals surface area contributed by atoms with Crippen molar-refractivity contribution in [2.75, 3.05) is 6.54 Å². The summed E-state index contributed by atoms with van der Waals surface area (Å²) in [6.07, 6.45) is 3.69. The van der Waals surface area contributed by atoms with Crippen molar-refractivity contribution in [3.8, 4) is 11.4 Å². The quantitative estimate of drug-likeness (QED) is 0.737.